The summed E-state index contributed by atoms with van der Waals surface area (Å²) in [6.45, 7) is 0. The number of nitrogens with one attached hydrogen (secondary N) is 2. The quantitative estimate of drug-likeness (QED) is 0.216. The molecule has 5 heteroatoms. The van der Waals surface area contributed by atoms with Crippen LogP contribution < -0.4 is 22.5 Å². The molecule has 0 unspecified atom stereocenters. The Bertz CT molecular complexity index is 226. The summed E-state index contributed by atoms with van der Waals surface area (Å²) in [5.74, 6) is -0.0319. The van der Waals surface area contributed by atoms with Crippen molar-refractivity contribution in [3.63, 3.8) is 0 Å². The minimum atomic E-state index is -0.0319. The average Bonchev–Trinajstić information content (AvgIpc) is 2.02. The first-order valence-corrected chi connectivity index (χ1v) is 3.28. The van der Waals surface area contributed by atoms with E-state index in [0.29, 0.717) is 5.70 Å². The Balaban J connectivity index is 3.98. The number of amidine groups is 1. The fraction of sp³-hybridized carbons (Fsp3) is 0. The number of nitrogens with two attached hydrogens (primary N) is 3. The highest BCUT2D eigenvalue weighted by Crippen LogP contribution is 1.86. The second-order valence-electron chi connectivity index (χ2n) is 1.91. The van der Waals surface area contributed by atoms with E-state index < -0.39 is 0 Å². The van der Waals surface area contributed by atoms with E-state index in [9.17, 15) is 0 Å². The zero-order chi connectivity index (χ0) is 9.40. The molecular formula is C7H13N5. The number of allylic oxidation sites excluding steroid dienone is 1. The summed E-state index contributed by atoms with van der Waals surface area (Å²) in [4.78, 5) is 0. The zero-order valence-corrected chi connectivity index (χ0v) is 6.62. The molecule has 0 rings (SSSR count). The second kappa shape index (κ2) is 5.84. The zero-order valence-electron chi connectivity index (χ0n) is 6.62. The van der Waals surface area contributed by atoms with Gasteiger partial charge < -0.3 is 22.5 Å². The van der Waals surface area contributed by atoms with Crippen LogP contribution >= 0.6 is 0 Å². The third-order valence-electron chi connectivity index (χ3n) is 0.968. The summed E-state index contributed by atoms with van der Waals surface area (Å²) in [5.41, 5.74) is 16.0. The maximum absolute atomic E-state index is 6.86. The lowest BCUT2D eigenvalue weighted by Crippen LogP contribution is -2.09. The van der Waals surface area contributed by atoms with Crippen LogP contribution in [0.1, 0.15) is 0 Å². The average molecular weight is 167 g/mol. The van der Waals surface area contributed by atoms with Gasteiger partial charge in [-0.2, -0.15) is 0 Å². The van der Waals surface area contributed by atoms with Crippen LogP contribution in [0.15, 0.2) is 36.4 Å². The molecule has 0 spiro atoms. The minimum Gasteiger partial charge on any atom is -0.405 e. The molecule has 0 aliphatic carbocycles. The molecule has 0 amide bonds. The van der Waals surface area contributed by atoms with Gasteiger partial charge >= 0.3 is 0 Å². The molecule has 0 atom stereocenters. The van der Waals surface area contributed by atoms with Crippen molar-refractivity contribution in [2.24, 2.45) is 17.2 Å². The van der Waals surface area contributed by atoms with Crippen LogP contribution in [0, 0.1) is 5.41 Å². The Morgan fingerprint density at radius 1 is 1.25 bits per heavy atom. The van der Waals surface area contributed by atoms with E-state index >= 15 is 0 Å². The number of hydrogen-bond donors (Lipinski definition) is 5. The molecule has 0 saturated heterocycles. The topological polar surface area (TPSA) is 114 Å². The molecule has 0 aromatic carbocycles. The van der Waals surface area contributed by atoms with Crippen molar-refractivity contribution < 1.29 is 0 Å². The van der Waals surface area contributed by atoms with Gasteiger partial charge in [0.2, 0.25) is 0 Å². The van der Waals surface area contributed by atoms with Gasteiger partial charge in [-0.05, 0) is 18.4 Å². The van der Waals surface area contributed by atoms with Crippen LogP contribution in [-0.4, -0.2) is 5.84 Å². The molecule has 8 N–H and O–H groups in total. The van der Waals surface area contributed by atoms with Crippen molar-refractivity contribution in [2.45, 2.75) is 0 Å². The summed E-state index contributed by atoms with van der Waals surface area (Å²) < 4.78 is 0. The van der Waals surface area contributed by atoms with Crippen LogP contribution in [0.25, 0.3) is 0 Å². The third-order valence-corrected chi connectivity index (χ3v) is 0.968. The molecule has 0 saturated carbocycles. The predicted molar refractivity (Wildman–Crippen MR) is 49.8 cm³/mol. The second-order valence-corrected chi connectivity index (χ2v) is 1.91. The van der Waals surface area contributed by atoms with Crippen LogP contribution in [-0.2, 0) is 0 Å². The predicted octanol–water partition coefficient (Wildman–Crippen LogP) is -0.702. The highest BCUT2D eigenvalue weighted by atomic mass is 14.9. The maximum Gasteiger partial charge on any atom is 0.116 e. The van der Waals surface area contributed by atoms with Crippen LogP contribution in [0.4, 0.5) is 0 Å². The van der Waals surface area contributed by atoms with Gasteiger partial charge in [-0.15, -0.1) is 0 Å². The molecule has 0 aliphatic heterocycles. The van der Waals surface area contributed by atoms with Gasteiger partial charge in [-0.25, -0.2) is 0 Å². The van der Waals surface area contributed by atoms with E-state index in [2.05, 4.69) is 5.32 Å². The molecule has 66 valence electrons. The molecule has 0 bridgehead atoms. The third kappa shape index (κ3) is 4.92. The highest BCUT2D eigenvalue weighted by molar-refractivity contribution is 5.88. The van der Waals surface area contributed by atoms with Crippen molar-refractivity contribution in [3.8, 4) is 0 Å². The van der Waals surface area contributed by atoms with Crippen LogP contribution in [0.3, 0.4) is 0 Å². The Labute approximate surface area is 71.1 Å². The molecule has 0 radical (unpaired) electrons. The van der Waals surface area contributed by atoms with Crippen molar-refractivity contribution in [1.82, 2.24) is 5.32 Å². The van der Waals surface area contributed by atoms with Gasteiger partial charge in [-0.3, -0.25) is 5.41 Å². The molecule has 12 heavy (non-hydrogen) atoms. The van der Waals surface area contributed by atoms with Crippen molar-refractivity contribution in [2.75, 3.05) is 0 Å². The fourth-order valence-corrected chi connectivity index (χ4v) is 0.483. The summed E-state index contributed by atoms with van der Waals surface area (Å²) >= 11 is 0. The van der Waals surface area contributed by atoms with Crippen molar-refractivity contribution >= 4 is 5.84 Å². The molecule has 0 heterocycles. The molecule has 0 aromatic heterocycles. The van der Waals surface area contributed by atoms with Gasteiger partial charge in [-0.1, -0.05) is 0 Å². The lowest BCUT2D eigenvalue weighted by Gasteiger charge is -1.98. The van der Waals surface area contributed by atoms with Crippen LogP contribution in [0.5, 0.6) is 0 Å². The van der Waals surface area contributed by atoms with Crippen molar-refractivity contribution in [1.29, 1.82) is 5.41 Å². The first-order valence-electron chi connectivity index (χ1n) is 3.28. The Hall–Kier alpha value is -1.91. The van der Waals surface area contributed by atoms with Gasteiger partial charge in [0.1, 0.15) is 5.84 Å². The van der Waals surface area contributed by atoms with Gasteiger partial charge in [0.15, 0.2) is 0 Å². The van der Waals surface area contributed by atoms with E-state index in [1.807, 2.05) is 0 Å². The van der Waals surface area contributed by atoms with E-state index in [1.165, 1.54) is 24.7 Å². The molecule has 0 fully saturated rings. The SMILES string of the molecule is N=C(N)/C=C\NC(/C=C\N)=C/N. The smallest absolute Gasteiger partial charge is 0.116 e. The first-order chi connectivity index (χ1) is 5.70. The van der Waals surface area contributed by atoms with E-state index in [4.69, 9.17) is 22.6 Å². The van der Waals surface area contributed by atoms with Gasteiger partial charge in [0, 0.05) is 12.4 Å². The fourth-order valence-electron chi connectivity index (χ4n) is 0.483. The summed E-state index contributed by atoms with van der Waals surface area (Å²) in [7, 11) is 0. The first kappa shape index (κ1) is 10.1. The summed E-state index contributed by atoms with van der Waals surface area (Å²) in [5, 5.41) is 9.62. The van der Waals surface area contributed by atoms with Crippen LogP contribution in [0.2, 0.25) is 0 Å². The lowest BCUT2D eigenvalue weighted by atomic mass is 10.4. The number of hydrogen-bond acceptors (Lipinski definition) is 4. The Morgan fingerprint density at radius 3 is 2.33 bits per heavy atom. The molecule has 5 nitrogen and oxygen atoms in total. The molecular weight excluding hydrogens is 154 g/mol. The standard InChI is InChI=1S/C7H13N5/c8-3-1-6(5-9)12-4-2-7(10)11/h1-5,12H,8-9H2,(H3,10,11)/b3-1-,4-2-,6-5+. The van der Waals surface area contributed by atoms with Gasteiger partial charge in [0.05, 0.1) is 5.70 Å². The van der Waals surface area contributed by atoms with Crippen molar-refractivity contribution in [3.05, 3.63) is 36.4 Å². The Kier molecular flexibility index (Phi) is 4.91. The number of rotatable bonds is 4. The largest absolute Gasteiger partial charge is 0.405 e. The Morgan fingerprint density at radius 2 is 1.92 bits per heavy atom. The minimum absolute atomic E-state index is 0.0319. The maximum atomic E-state index is 6.86. The summed E-state index contributed by atoms with van der Waals surface area (Å²) in [6.07, 6.45) is 7.19. The normalized spacial score (nSPS) is 12.5. The molecule has 0 aromatic rings. The lowest BCUT2D eigenvalue weighted by molar-refractivity contribution is 1.10. The molecule has 0 aliphatic rings. The van der Waals surface area contributed by atoms with E-state index in [-0.39, 0.29) is 5.84 Å². The van der Waals surface area contributed by atoms with E-state index in [1.54, 1.807) is 6.08 Å². The van der Waals surface area contributed by atoms with Gasteiger partial charge in [0.25, 0.3) is 0 Å². The highest BCUT2D eigenvalue weighted by Gasteiger charge is 1.83. The summed E-state index contributed by atoms with van der Waals surface area (Å²) in [6, 6.07) is 0. The van der Waals surface area contributed by atoms with E-state index in [0.717, 1.165) is 0 Å². The monoisotopic (exact) mass is 167 g/mol.